The summed E-state index contributed by atoms with van der Waals surface area (Å²) >= 11 is 0. The average molecular weight is 280 g/mol. The summed E-state index contributed by atoms with van der Waals surface area (Å²) in [5, 5.41) is 12.2. The number of rotatable bonds is 5. The molecular weight excluding hydrogens is 264 g/mol. The first kappa shape index (κ1) is 14.8. The van der Waals surface area contributed by atoms with Gasteiger partial charge in [-0.2, -0.15) is 5.26 Å². The van der Waals surface area contributed by atoms with E-state index in [4.69, 9.17) is 10.00 Å². The Morgan fingerprint density at radius 1 is 1.19 bits per heavy atom. The molecule has 0 aliphatic carbocycles. The maximum absolute atomic E-state index is 11.9. The van der Waals surface area contributed by atoms with Gasteiger partial charge in [-0.1, -0.05) is 48.5 Å². The van der Waals surface area contributed by atoms with Gasteiger partial charge in [0.25, 0.3) is 0 Å². The van der Waals surface area contributed by atoms with Crippen LogP contribution in [0.1, 0.15) is 22.7 Å². The van der Waals surface area contributed by atoms with Crippen LogP contribution in [-0.2, 0) is 16.1 Å². The summed E-state index contributed by atoms with van der Waals surface area (Å²) in [6.45, 7) is 0.415. The van der Waals surface area contributed by atoms with Crippen LogP contribution < -0.4 is 5.32 Å². The first-order valence-corrected chi connectivity index (χ1v) is 6.60. The zero-order valence-electron chi connectivity index (χ0n) is 11.7. The summed E-state index contributed by atoms with van der Waals surface area (Å²) in [5.74, 6) is -0.351. The van der Waals surface area contributed by atoms with Crippen molar-refractivity contribution in [2.45, 2.75) is 12.6 Å². The van der Waals surface area contributed by atoms with Crippen molar-refractivity contribution in [2.24, 2.45) is 0 Å². The number of carbonyl (C=O) groups excluding carboxylic acids is 1. The Bertz CT molecular complexity index is 647. The molecule has 0 fully saturated rings. The fourth-order valence-electron chi connectivity index (χ4n) is 2.10. The molecule has 0 saturated heterocycles. The van der Waals surface area contributed by atoms with E-state index in [0.29, 0.717) is 12.1 Å². The number of hydrogen-bond acceptors (Lipinski definition) is 4. The normalized spacial score (nSPS) is 11.4. The first-order valence-electron chi connectivity index (χ1n) is 6.60. The maximum atomic E-state index is 11.9. The van der Waals surface area contributed by atoms with Gasteiger partial charge in [0, 0.05) is 6.54 Å². The topological polar surface area (TPSA) is 62.1 Å². The molecule has 0 saturated carbocycles. The lowest BCUT2D eigenvalue weighted by molar-refractivity contribution is -0.143. The highest BCUT2D eigenvalue weighted by atomic mass is 16.5. The van der Waals surface area contributed by atoms with Crippen molar-refractivity contribution in [3.63, 3.8) is 0 Å². The largest absolute Gasteiger partial charge is 0.468 e. The summed E-state index contributed by atoms with van der Waals surface area (Å²) in [6.07, 6.45) is 0. The number of benzene rings is 2. The van der Waals surface area contributed by atoms with Crippen LogP contribution in [0.5, 0.6) is 0 Å². The van der Waals surface area contributed by atoms with E-state index >= 15 is 0 Å². The van der Waals surface area contributed by atoms with Crippen molar-refractivity contribution in [3.8, 4) is 6.07 Å². The standard InChI is InChI=1S/C17H16N2O2/c1-21-17(20)16(13-7-3-2-4-8-13)19-12-15-10-6-5-9-14(15)11-18/h2-10,16,19H,12H2,1H3. The lowest BCUT2D eigenvalue weighted by Crippen LogP contribution is -2.29. The molecule has 1 atom stereocenters. The van der Waals surface area contributed by atoms with Crippen molar-refractivity contribution in [1.29, 1.82) is 5.26 Å². The molecule has 0 aromatic heterocycles. The van der Waals surface area contributed by atoms with Gasteiger partial charge in [0.2, 0.25) is 0 Å². The molecular formula is C17H16N2O2. The molecule has 2 aromatic carbocycles. The highest BCUT2D eigenvalue weighted by molar-refractivity contribution is 5.77. The van der Waals surface area contributed by atoms with E-state index in [1.54, 1.807) is 6.07 Å². The van der Waals surface area contributed by atoms with Crippen LogP contribution in [0, 0.1) is 11.3 Å². The van der Waals surface area contributed by atoms with E-state index < -0.39 is 6.04 Å². The van der Waals surface area contributed by atoms with Gasteiger partial charge in [0.05, 0.1) is 18.7 Å². The molecule has 0 amide bonds. The van der Waals surface area contributed by atoms with Crippen LogP contribution in [0.2, 0.25) is 0 Å². The Morgan fingerprint density at radius 3 is 2.52 bits per heavy atom. The van der Waals surface area contributed by atoms with Gasteiger partial charge in [-0.3, -0.25) is 5.32 Å². The van der Waals surface area contributed by atoms with Crippen molar-refractivity contribution in [2.75, 3.05) is 7.11 Å². The fourth-order valence-corrected chi connectivity index (χ4v) is 2.10. The molecule has 2 aromatic rings. The van der Waals surface area contributed by atoms with Crippen LogP contribution >= 0.6 is 0 Å². The SMILES string of the molecule is COC(=O)C(NCc1ccccc1C#N)c1ccccc1. The van der Waals surface area contributed by atoms with Crippen molar-refractivity contribution >= 4 is 5.97 Å². The molecule has 21 heavy (non-hydrogen) atoms. The summed E-state index contributed by atoms with van der Waals surface area (Å²) in [5.41, 5.74) is 2.28. The molecule has 4 heteroatoms. The van der Waals surface area contributed by atoms with Crippen molar-refractivity contribution in [1.82, 2.24) is 5.32 Å². The molecule has 0 aliphatic heterocycles. The lowest BCUT2D eigenvalue weighted by atomic mass is 10.1. The van der Waals surface area contributed by atoms with E-state index in [9.17, 15) is 4.79 Å². The van der Waals surface area contributed by atoms with Gasteiger partial charge in [-0.15, -0.1) is 0 Å². The first-order chi connectivity index (χ1) is 10.3. The van der Waals surface area contributed by atoms with Gasteiger partial charge >= 0.3 is 5.97 Å². The van der Waals surface area contributed by atoms with E-state index in [0.717, 1.165) is 11.1 Å². The zero-order valence-corrected chi connectivity index (χ0v) is 11.7. The van der Waals surface area contributed by atoms with Crippen LogP contribution in [0.3, 0.4) is 0 Å². The third-order valence-corrected chi connectivity index (χ3v) is 3.20. The minimum absolute atomic E-state index is 0.351. The monoisotopic (exact) mass is 280 g/mol. The Morgan fingerprint density at radius 2 is 1.86 bits per heavy atom. The molecule has 1 N–H and O–H groups in total. The highest BCUT2D eigenvalue weighted by Gasteiger charge is 2.20. The van der Waals surface area contributed by atoms with E-state index in [1.165, 1.54) is 7.11 Å². The number of methoxy groups -OCH3 is 1. The number of nitriles is 1. The number of hydrogen-bond donors (Lipinski definition) is 1. The smallest absolute Gasteiger partial charge is 0.327 e. The van der Waals surface area contributed by atoms with E-state index in [2.05, 4.69) is 11.4 Å². The molecule has 0 aliphatic rings. The Kier molecular flexibility index (Phi) is 5.08. The summed E-state index contributed by atoms with van der Waals surface area (Å²) in [7, 11) is 1.36. The molecule has 1 unspecified atom stereocenters. The average Bonchev–Trinajstić information content (AvgIpc) is 2.56. The summed E-state index contributed by atoms with van der Waals surface area (Å²) < 4.78 is 4.85. The second-order valence-electron chi connectivity index (χ2n) is 4.52. The molecule has 0 bridgehead atoms. The number of esters is 1. The third-order valence-electron chi connectivity index (χ3n) is 3.20. The number of nitrogens with zero attached hydrogens (tertiary/aromatic N) is 1. The second-order valence-corrected chi connectivity index (χ2v) is 4.52. The van der Waals surface area contributed by atoms with Gasteiger partial charge in [-0.05, 0) is 17.2 Å². The minimum Gasteiger partial charge on any atom is -0.468 e. The summed E-state index contributed by atoms with van der Waals surface area (Å²) in [6, 6.07) is 18.3. The van der Waals surface area contributed by atoms with Crippen molar-refractivity contribution in [3.05, 3.63) is 71.3 Å². The quantitative estimate of drug-likeness (QED) is 0.855. The van der Waals surface area contributed by atoms with Crippen LogP contribution in [0.4, 0.5) is 0 Å². The fraction of sp³-hybridized carbons (Fsp3) is 0.176. The van der Waals surface area contributed by atoms with E-state index in [-0.39, 0.29) is 5.97 Å². The Balaban J connectivity index is 2.17. The Hall–Kier alpha value is -2.64. The van der Waals surface area contributed by atoms with Crippen LogP contribution in [0.15, 0.2) is 54.6 Å². The minimum atomic E-state index is -0.553. The molecule has 106 valence electrons. The van der Waals surface area contributed by atoms with Gasteiger partial charge in [0.15, 0.2) is 0 Å². The number of nitrogens with one attached hydrogen (secondary N) is 1. The van der Waals surface area contributed by atoms with Gasteiger partial charge < -0.3 is 4.74 Å². The zero-order chi connectivity index (χ0) is 15.1. The van der Waals surface area contributed by atoms with Crippen LogP contribution in [0.25, 0.3) is 0 Å². The van der Waals surface area contributed by atoms with Gasteiger partial charge in [-0.25, -0.2) is 4.79 Å². The van der Waals surface area contributed by atoms with E-state index in [1.807, 2.05) is 48.5 Å². The number of ether oxygens (including phenoxy) is 1. The molecule has 2 rings (SSSR count). The molecule has 4 nitrogen and oxygen atoms in total. The van der Waals surface area contributed by atoms with Crippen molar-refractivity contribution < 1.29 is 9.53 Å². The molecule has 0 spiro atoms. The van der Waals surface area contributed by atoms with Crippen LogP contribution in [-0.4, -0.2) is 13.1 Å². The third kappa shape index (κ3) is 3.68. The predicted molar refractivity (Wildman–Crippen MR) is 79.2 cm³/mol. The van der Waals surface area contributed by atoms with Gasteiger partial charge in [0.1, 0.15) is 6.04 Å². The predicted octanol–water partition coefficient (Wildman–Crippen LogP) is 2.56. The maximum Gasteiger partial charge on any atom is 0.327 e. The summed E-state index contributed by atoms with van der Waals surface area (Å²) in [4.78, 5) is 11.9. The number of carbonyl (C=O) groups is 1. The molecule has 0 heterocycles. The second kappa shape index (κ2) is 7.22. The lowest BCUT2D eigenvalue weighted by Gasteiger charge is -2.17. The Labute approximate surface area is 124 Å². The highest BCUT2D eigenvalue weighted by Crippen LogP contribution is 2.16. The molecule has 0 radical (unpaired) electrons.